The fourth-order valence-corrected chi connectivity index (χ4v) is 5.46. The van der Waals surface area contributed by atoms with Gasteiger partial charge in [-0.1, -0.05) is 12.2 Å². The van der Waals surface area contributed by atoms with Crippen LogP contribution in [0.2, 0.25) is 0 Å². The van der Waals surface area contributed by atoms with Crippen molar-refractivity contribution in [2.24, 2.45) is 5.73 Å². The Kier molecular flexibility index (Phi) is 11.0. The van der Waals surface area contributed by atoms with Crippen molar-refractivity contribution in [3.8, 4) is 5.75 Å². The first-order chi connectivity index (χ1) is 22.8. The molecule has 0 spiro atoms. The Hall–Kier alpha value is -5.08. The summed E-state index contributed by atoms with van der Waals surface area (Å²) in [4.78, 5) is 31.2. The number of aryl methyl sites for hydroxylation is 2. The summed E-state index contributed by atoms with van der Waals surface area (Å²) in [6.45, 7) is 10.2. The number of nitrogens with one attached hydrogen (secondary N) is 2. The molecule has 2 aromatic heterocycles. The maximum absolute atomic E-state index is 12.2. The predicted octanol–water partition coefficient (Wildman–Crippen LogP) is 3.54. The first-order valence-electron chi connectivity index (χ1n) is 15.7. The number of anilines is 4. The number of rotatable bonds is 15. The molecule has 4 aromatic rings. The highest BCUT2D eigenvalue weighted by Crippen LogP contribution is 2.33. The second-order valence-electron chi connectivity index (χ2n) is 11.2. The Bertz CT molecular complexity index is 1740. The fraction of sp³-hybridized carbons (Fsp3) is 0.394. The Morgan fingerprint density at radius 2 is 1.91 bits per heavy atom. The van der Waals surface area contributed by atoms with Gasteiger partial charge in [-0.3, -0.25) is 9.69 Å². The normalized spacial score (nSPS) is 13.7. The number of nitrogens with two attached hydrogens (primary N) is 2. The third-order valence-corrected chi connectivity index (χ3v) is 7.86. The van der Waals surface area contributed by atoms with E-state index in [4.69, 9.17) is 30.7 Å². The molecule has 14 nitrogen and oxygen atoms in total. The molecule has 0 unspecified atom stereocenters. The van der Waals surface area contributed by atoms with Gasteiger partial charge in [0.2, 0.25) is 11.9 Å². The number of carbonyl (C=O) groups is 2. The fourth-order valence-electron chi connectivity index (χ4n) is 5.46. The van der Waals surface area contributed by atoms with Crippen LogP contribution in [0.15, 0.2) is 48.6 Å². The number of hydrogen-bond acceptors (Lipinski definition) is 11. The molecule has 47 heavy (non-hydrogen) atoms. The SMILES string of the molecule is CCn1nc(C)cc1Nc1nc2cc(C(=O)OC)ccc2n1C/C=C/CNc1c(N)cc(C(N)=O)cc1OCCCN1CCOCC1. The summed E-state index contributed by atoms with van der Waals surface area (Å²) in [5.74, 6) is 0.894. The molecule has 0 aliphatic carbocycles. The molecule has 1 aliphatic rings. The summed E-state index contributed by atoms with van der Waals surface area (Å²) < 4.78 is 20.3. The molecule has 0 bridgehead atoms. The van der Waals surface area contributed by atoms with Crippen LogP contribution >= 0.6 is 0 Å². The van der Waals surface area contributed by atoms with Crippen molar-refractivity contribution in [1.82, 2.24) is 24.2 Å². The highest BCUT2D eigenvalue weighted by Gasteiger charge is 2.17. The lowest BCUT2D eigenvalue weighted by Crippen LogP contribution is -2.37. The van der Waals surface area contributed by atoms with Gasteiger partial charge >= 0.3 is 5.97 Å². The molecular weight excluding hydrogens is 602 g/mol. The first-order valence-corrected chi connectivity index (χ1v) is 15.7. The van der Waals surface area contributed by atoms with Gasteiger partial charge in [0.1, 0.15) is 17.3 Å². The smallest absolute Gasteiger partial charge is 0.337 e. The van der Waals surface area contributed by atoms with Crippen LogP contribution in [0, 0.1) is 6.92 Å². The van der Waals surface area contributed by atoms with E-state index in [1.54, 1.807) is 24.3 Å². The van der Waals surface area contributed by atoms with Crippen LogP contribution in [-0.2, 0) is 22.6 Å². The zero-order chi connectivity index (χ0) is 33.3. The zero-order valence-corrected chi connectivity index (χ0v) is 27.1. The number of primary amides is 1. The number of ether oxygens (including phenoxy) is 3. The molecular formula is C33H43N9O5. The van der Waals surface area contributed by atoms with Gasteiger partial charge in [-0.2, -0.15) is 5.10 Å². The molecule has 6 N–H and O–H groups in total. The minimum atomic E-state index is -0.575. The number of nitrogen functional groups attached to an aromatic ring is 1. The van der Waals surface area contributed by atoms with Gasteiger partial charge in [0.25, 0.3) is 0 Å². The van der Waals surface area contributed by atoms with Crippen LogP contribution in [0.4, 0.5) is 23.1 Å². The summed E-state index contributed by atoms with van der Waals surface area (Å²) in [6.07, 6.45) is 4.80. The number of esters is 1. The average Bonchev–Trinajstić information content (AvgIpc) is 3.61. The zero-order valence-electron chi connectivity index (χ0n) is 27.1. The Balaban J connectivity index is 1.30. The highest BCUT2D eigenvalue weighted by molar-refractivity contribution is 5.96. The number of imidazole rings is 1. The molecule has 3 heterocycles. The van der Waals surface area contributed by atoms with Crippen molar-refractivity contribution in [1.29, 1.82) is 0 Å². The molecule has 1 aliphatic heterocycles. The Labute approximate surface area is 273 Å². The van der Waals surface area contributed by atoms with Gasteiger partial charge < -0.3 is 40.9 Å². The van der Waals surface area contributed by atoms with Crippen molar-refractivity contribution in [3.05, 3.63) is 65.4 Å². The topological polar surface area (TPSA) is 177 Å². The van der Waals surface area contributed by atoms with Gasteiger partial charge in [0, 0.05) is 50.9 Å². The van der Waals surface area contributed by atoms with E-state index in [2.05, 4.69) is 20.6 Å². The molecule has 1 saturated heterocycles. The van der Waals surface area contributed by atoms with Crippen LogP contribution in [0.1, 0.15) is 39.8 Å². The maximum atomic E-state index is 12.2. The van der Waals surface area contributed by atoms with E-state index in [9.17, 15) is 9.59 Å². The van der Waals surface area contributed by atoms with E-state index < -0.39 is 11.9 Å². The van der Waals surface area contributed by atoms with Crippen molar-refractivity contribution in [2.45, 2.75) is 33.4 Å². The summed E-state index contributed by atoms with van der Waals surface area (Å²) in [5.41, 5.74) is 15.9. The number of allylic oxidation sites excluding steroid dienone is 1. The summed E-state index contributed by atoms with van der Waals surface area (Å²) in [6, 6.07) is 10.4. The molecule has 1 amide bonds. The van der Waals surface area contributed by atoms with E-state index >= 15 is 0 Å². The van der Waals surface area contributed by atoms with Gasteiger partial charge in [-0.15, -0.1) is 0 Å². The lowest BCUT2D eigenvalue weighted by Gasteiger charge is -2.26. The largest absolute Gasteiger partial charge is 0.491 e. The number of carbonyl (C=O) groups excluding carboxylic acids is 2. The predicted molar refractivity (Wildman–Crippen MR) is 181 cm³/mol. The van der Waals surface area contributed by atoms with E-state index in [-0.39, 0.29) is 5.56 Å². The molecule has 2 aromatic carbocycles. The number of nitrogens with zero attached hydrogens (tertiary/aromatic N) is 5. The third kappa shape index (κ3) is 8.20. The van der Waals surface area contributed by atoms with Gasteiger partial charge in [0.05, 0.1) is 54.9 Å². The summed E-state index contributed by atoms with van der Waals surface area (Å²) in [7, 11) is 1.35. The van der Waals surface area contributed by atoms with Crippen molar-refractivity contribution in [2.75, 3.05) is 69.5 Å². The van der Waals surface area contributed by atoms with E-state index in [1.807, 2.05) is 47.4 Å². The van der Waals surface area contributed by atoms with E-state index in [0.717, 1.165) is 56.3 Å². The maximum Gasteiger partial charge on any atom is 0.337 e. The molecule has 0 saturated carbocycles. The van der Waals surface area contributed by atoms with Gasteiger partial charge in [-0.05, 0) is 50.6 Å². The quantitative estimate of drug-likeness (QED) is 0.0644. The highest BCUT2D eigenvalue weighted by atomic mass is 16.5. The average molecular weight is 646 g/mol. The van der Waals surface area contributed by atoms with Crippen LogP contribution < -0.4 is 26.8 Å². The summed E-state index contributed by atoms with van der Waals surface area (Å²) >= 11 is 0. The lowest BCUT2D eigenvalue weighted by molar-refractivity contribution is 0.0358. The number of hydrogen-bond donors (Lipinski definition) is 4. The number of aromatic nitrogens is 4. The van der Waals surface area contributed by atoms with Crippen LogP contribution in [0.5, 0.6) is 5.75 Å². The second kappa shape index (κ2) is 15.5. The number of fused-ring (bicyclic) bond motifs is 1. The number of methoxy groups -OCH3 is 1. The minimum Gasteiger partial charge on any atom is -0.491 e. The molecule has 0 atom stereocenters. The molecule has 0 radical (unpaired) electrons. The second-order valence-corrected chi connectivity index (χ2v) is 11.2. The molecule has 5 rings (SSSR count). The third-order valence-electron chi connectivity index (χ3n) is 7.86. The van der Waals surface area contributed by atoms with Crippen molar-refractivity contribution in [3.63, 3.8) is 0 Å². The first kappa shape index (κ1) is 33.3. The monoisotopic (exact) mass is 645 g/mol. The van der Waals surface area contributed by atoms with E-state index in [1.165, 1.54) is 7.11 Å². The Morgan fingerprint density at radius 1 is 1.11 bits per heavy atom. The van der Waals surface area contributed by atoms with E-state index in [0.29, 0.717) is 60.4 Å². The number of morpholine rings is 1. The van der Waals surface area contributed by atoms with Crippen LogP contribution in [0.25, 0.3) is 11.0 Å². The van der Waals surface area contributed by atoms with Gasteiger partial charge in [-0.25, -0.2) is 14.5 Å². The number of amides is 1. The van der Waals surface area contributed by atoms with Crippen LogP contribution in [-0.4, -0.2) is 89.2 Å². The van der Waals surface area contributed by atoms with Gasteiger partial charge in [0.15, 0.2) is 0 Å². The van der Waals surface area contributed by atoms with Crippen molar-refractivity contribution < 1.29 is 23.8 Å². The minimum absolute atomic E-state index is 0.286. The number of benzene rings is 2. The standard InChI is InChI=1S/C33H43N9O5/c1-4-42-29(18-22(2)39-42)38-33-37-26-20-23(32(44)45-3)8-9-27(26)41(33)12-6-5-10-36-30-25(34)19-24(31(35)43)21-28(30)47-15-7-11-40-13-16-46-17-14-40/h5-6,8-9,18-21,36H,4,7,10-17,34H2,1-3H3,(H2,35,43)(H,37,38)/b6-5+. The van der Waals surface area contributed by atoms with Crippen molar-refractivity contribution >= 4 is 46.1 Å². The Morgan fingerprint density at radius 3 is 2.66 bits per heavy atom. The molecule has 14 heteroatoms. The summed E-state index contributed by atoms with van der Waals surface area (Å²) in [5, 5.41) is 11.3. The molecule has 250 valence electrons. The lowest BCUT2D eigenvalue weighted by atomic mass is 10.1. The van der Waals surface area contributed by atoms with Crippen LogP contribution in [0.3, 0.4) is 0 Å². The molecule has 1 fully saturated rings.